The third-order valence-corrected chi connectivity index (χ3v) is 6.28. The SMILES string of the molecule is N#CN=c1c2sc3ccccc3sc=2c(=NC#N)c2ccccc12. The highest BCUT2D eigenvalue weighted by Gasteiger charge is 2.08. The van der Waals surface area contributed by atoms with Crippen molar-refractivity contribution in [1.82, 2.24) is 0 Å². The molecule has 24 heavy (non-hydrogen) atoms. The fourth-order valence-corrected chi connectivity index (χ4v) is 5.16. The zero-order valence-corrected chi connectivity index (χ0v) is 13.9. The van der Waals surface area contributed by atoms with Crippen LogP contribution in [-0.2, 0) is 0 Å². The lowest BCUT2D eigenvalue weighted by Crippen LogP contribution is -2.15. The molecule has 0 amide bonds. The molecule has 4 rings (SSSR count). The molecular formula is C18H8N4S2. The van der Waals surface area contributed by atoms with Crippen LogP contribution in [0.3, 0.4) is 0 Å². The Morgan fingerprint density at radius 2 is 1.08 bits per heavy atom. The van der Waals surface area contributed by atoms with Gasteiger partial charge >= 0.3 is 0 Å². The summed E-state index contributed by atoms with van der Waals surface area (Å²) < 4.78 is 3.99. The smallest absolute Gasteiger partial charge is 0.172 e. The highest BCUT2D eigenvalue weighted by molar-refractivity contribution is 7.26. The summed E-state index contributed by atoms with van der Waals surface area (Å²) >= 11 is 3.14. The summed E-state index contributed by atoms with van der Waals surface area (Å²) in [6, 6.07) is 15.7. The van der Waals surface area contributed by atoms with Crippen LogP contribution >= 0.6 is 22.7 Å². The lowest BCUT2D eigenvalue weighted by Gasteiger charge is -2.03. The number of hydrogen-bond acceptors (Lipinski definition) is 6. The van der Waals surface area contributed by atoms with Crippen LogP contribution < -0.4 is 10.7 Å². The molecule has 0 aromatic heterocycles. The molecule has 6 heteroatoms. The first-order chi connectivity index (χ1) is 11.8. The minimum absolute atomic E-state index is 0.645. The first-order valence-corrected chi connectivity index (χ1v) is 8.70. The van der Waals surface area contributed by atoms with Crippen molar-refractivity contribution in [2.24, 2.45) is 9.98 Å². The normalized spacial score (nSPS) is 12.6. The van der Waals surface area contributed by atoms with E-state index in [-0.39, 0.29) is 0 Å². The highest BCUT2D eigenvalue weighted by atomic mass is 32.1. The minimum atomic E-state index is 0.645. The Bertz CT molecular complexity index is 1280. The molecule has 2 aromatic carbocycles. The lowest BCUT2D eigenvalue weighted by molar-refractivity contribution is 1.30. The molecule has 0 unspecified atom stereocenters. The third-order valence-electron chi connectivity index (χ3n) is 3.67. The van der Waals surface area contributed by atoms with E-state index in [1.807, 2.05) is 60.9 Å². The minimum Gasteiger partial charge on any atom is -0.172 e. The molecule has 0 spiro atoms. The fourth-order valence-electron chi connectivity index (χ4n) is 2.71. The number of rotatable bonds is 0. The number of fused-ring (bicyclic) bond motifs is 2. The maximum Gasteiger partial charge on any atom is 0.206 e. The highest BCUT2D eigenvalue weighted by Crippen LogP contribution is 2.24. The molecule has 2 aliphatic rings. The van der Waals surface area contributed by atoms with Crippen LogP contribution in [-0.4, -0.2) is 0 Å². The van der Waals surface area contributed by atoms with Crippen molar-refractivity contribution in [1.29, 1.82) is 10.5 Å². The van der Waals surface area contributed by atoms with Gasteiger partial charge in [-0.15, -0.1) is 22.7 Å². The molecule has 1 aliphatic heterocycles. The Morgan fingerprint density at radius 3 is 1.50 bits per heavy atom. The fraction of sp³-hybridized carbons (Fsp3) is 0. The third kappa shape index (κ3) is 2.17. The van der Waals surface area contributed by atoms with E-state index >= 15 is 0 Å². The molecule has 2 aromatic rings. The summed E-state index contributed by atoms with van der Waals surface area (Å²) in [5.41, 5.74) is 0. The molecule has 112 valence electrons. The molecule has 1 aliphatic carbocycles. The molecule has 0 radical (unpaired) electrons. The average molecular weight is 344 g/mol. The van der Waals surface area contributed by atoms with Crippen molar-refractivity contribution in [2.75, 3.05) is 0 Å². The maximum atomic E-state index is 9.14. The van der Waals surface area contributed by atoms with E-state index in [9.17, 15) is 0 Å². The summed E-state index contributed by atoms with van der Waals surface area (Å²) in [6.45, 7) is 0. The summed E-state index contributed by atoms with van der Waals surface area (Å²) in [4.78, 5) is 8.14. The van der Waals surface area contributed by atoms with Crippen LogP contribution in [0.4, 0.5) is 0 Å². The van der Waals surface area contributed by atoms with Crippen LogP contribution in [0.5, 0.6) is 0 Å². The monoisotopic (exact) mass is 344 g/mol. The zero-order chi connectivity index (χ0) is 16.5. The van der Waals surface area contributed by atoms with Crippen LogP contribution in [0.1, 0.15) is 0 Å². The van der Waals surface area contributed by atoms with Gasteiger partial charge in [0.15, 0.2) is 0 Å². The summed E-state index contributed by atoms with van der Waals surface area (Å²) in [6.07, 6.45) is 3.82. The lowest BCUT2D eigenvalue weighted by atomic mass is 10.1. The van der Waals surface area contributed by atoms with E-state index in [0.29, 0.717) is 10.7 Å². The van der Waals surface area contributed by atoms with E-state index in [0.717, 1.165) is 29.2 Å². The van der Waals surface area contributed by atoms with Gasteiger partial charge in [0.25, 0.3) is 0 Å². The first kappa shape index (κ1) is 14.5. The summed E-state index contributed by atoms with van der Waals surface area (Å²) in [5.74, 6) is 0. The molecule has 1 heterocycles. The largest absolute Gasteiger partial charge is 0.206 e. The second kappa shape index (κ2) is 5.86. The van der Waals surface area contributed by atoms with Crippen LogP contribution in [0.25, 0.3) is 20.2 Å². The van der Waals surface area contributed by atoms with Gasteiger partial charge < -0.3 is 0 Å². The van der Waals surface area contributed by atoms with E-state index in [2.05, 4.69) is 9.98 Å². The Morgan fingerprint density at radius 1 is 0.667 bits per heavy atom. The van der Waals surface area contributed by atoms with Gasteiger partial charge in [0.05, 0.1) is 9.06 Å². The van der Waals surface area contributed by atoms with Crippen molar-refractivity contribution in [3.05, 3.63) is 68.3 Å². The van der Waals surface area contributed by atoms with Crippen LogP contribution in [0.15, 0.2) is 58.5 Å². The van der Waals surface area contributed by atoms with Gasteiger partial charge in [-0.1, -0.05) is 36.4 Å². The molecule has 0 saturated carbocycles. The quantitative estimate of drug-likeness (QED) is 0.457. The Labute approximate surface area is 144 Å². The van der Waals surface area contributed by atoms with Crippen molar-refractivity contribution in [3.63, 3.8) is 0 Å². The maximum absolute atomic E-state index is 9.14. The standard InChI is InChI=1S/C18H8N4S2/c19-9-21-15-11-5-1-2-6-12(11)16(22-10-20)18-17(15)23-13-7-3-4-8-14(13)24-18/h1-8H. The first-order valence-electron chi connectivity index (χ1n) is 7.06. The summed E-state index contributed by atoms with van der Waals surface area (Å²) in [5, 5.41) is 21.2. The van der Waals surface area contributed by atoms with E-state index < -0.39 is 0 Å². The van der Waals surface area contributed by atoms with Gasteiger partial charge in [-0.25, -0.2) is 0 Å². The molecule has 0 saturated heterocycles. The second-order valence-corrected chi connectivity index (χ2v) is 7.08. The Balaban J connectivity index is 2.50. The molecule has 0 N–H and O–H groups in total. The molecule has 0 atom stereocenters. The average Bonchev–Trinajstić information content (AvgIpc) is 2.63. The van der Waals surface area contributed by atoms with Crippen LogP contribution in [0.2, 0.25) is 0 Å². The van der Waals surface area contributed by atoms with Gasteiger partial charge in [-0.05, 0) is 12.1 Å². The van der Waals surface area contributed by atoms with Gasteiger partial charge in [0.2, 0.25) is 12.4 Å². The van der Waals surface area contributed by atoms with Crippen molar-refractivity contribution in [2.45, 2.75) is 0 Å². The summed E-state index contributed by atoms with van der Waals surface area (Å²) in [7, 11) is 0. The number of nitrogens with zero attached hydrogens (tertiary/aromatic N) is 4. The molecular weight excluding hydrogens is 336 g/mol. The van der Waals surface area contributed by atoms with Crippen molar-refractivity contribution < 1.29 is 0 Å². The Hall–Kier alpha value is -3.06. The van der Waals surface area contributed by atoms with Gasteiger partial charge in [0, 0.05) is 20.2 Å². The van der Waals surface area contributed by atoms with E-state index in [4.69, 9.17) is 10.5 Å². The topological polar surface area (TPSA) is 72.3 Å². The molecule has 0 bridgehead atoms. The zero-order valence-electron chi connectivity index (χ0n) is 12.2. The predicted octanol–water partition coefficient (Wildman–Crippen LogP) is 3.60. The van der Waals surface area contributed by atoms with Crippen molar-refractivity contribution in [3.8, 4) is 12.4 Å². The number of benzene rings is 2. The number of hydrogen-bond donors (Lipinski definition) is 0. The molecule has 0 fully saturated rings. The van der Waals surface area contributed by atoms with Crippen molar-refractivity contribution >= 4 is 42.8 Å². The second-order valence-electron chi connectivity index (χ2n) is 4.98. The van der Waals surface area contributed by atoms with E-state index in [1.165, 1.54) is 0 Å². The predicted molar refractivity (Wildman–Crippen MR) is 94.9 cm³/mol. The number of nitriles is 2. The van der Waals surface area contributed by atoms with Gasteiger partial charge in [-0.3, -0.25) is 0 Å². The molecule has 4 nitrogen and oxygen atoms in total. The van der Waals surface area contributed by atoms with Gasteiger partial charge in [0.1, 0.15) is 10.7 Å². The van der Waals surface area contributed by atoms with Crippen LogP contribution in [0, 0.1) is 32.0 Å². The van der Waals surface area contributed by atoms with Gasteiger partial charge in [-0.2, -0.15) is 20.5 Å². The Kier molecular flexibility index (Phi) is 3.55. The van der Waals surface area contributed by atoms with E-state index in [1.54, 1.807) is 22.7 Å².